The molecule has 0 amide bonds. The summed E-state index contributed by atoms with van der Waals surface area (Å²) < 4.78 is 16.5. The molecular formula is C30H24O7. The Balaban J connectivity index is 1.70. The maximum Gasteiger partial charge on any atom is 0.189 e. The first-order valence-corrected chi connectivity index (χ1v) is 11.8. The fourth-order valence-electron chi connectivity index (χ4n) is 4.42. The monoisotopic (exact) mass is 496 g/mol. The van der Waals surface area contributed by atoms with Crippen LogP contribution in [0.2, 0.25) is 0 Å². The van der Waals surface area contributed by atoms with Crippen LogP contribution in [0, 0.1) is 0 Å². The van der Waals surface area contributed by atoms with E-state index in [2.05, 4.69) is 0 Å². The van der Waals surface area contributed by atoms with E-state index in [1.165, 1.54) is 24.7 Å². The molecule has 186 valence electrons. The van der Waals surface area contributed by atoms with Crippen LogP contribution in [0.4, 0.5) is 0 Å². The van der Waals surface area contributed by atoms with Crippen LogP contribution in [0.5, 0.6) is 0 Å². The van der Waals surface area contributed by atoms with Gasteiger partial charge in [0.1, 0.15) is 24.4 Å². The maximum atomic E-state index is 13.1. The van der Waals surface area contributed by atoms with E-state index in [1.807, 2.05) is 54.6 Å². The fraction of sp³-hybridized carbons (Fsp3) is 0.133. The first-order chi connectivity index (χ1) is 18.1. The van der Waals surface area contributed by atoms with Gasteiger partial charge in [0.25, 0.3) is 0 Å². The zero-order valence-corrected chi connectivity index (χ0v) is 19.8. The van der Waals surface area contributed by atoms with Gasteiger partial charge in [0.2, 0.25) is 0 Å². The lowest BCUT2D eigenvalue weighted by Crippen LogP contribution is -1.98. The second kappa shape index (κ2) is 10.7. The van der Waals surface area contributed by atoms with E-state index in [0.29, 0.717) is 22.3 Å². The smallest absolute Gasteiger partial charge is 0.189 e. The van der Waals surface area contributed by atoms with Crippen molar-refractivity contribution in [2.45, 2.75) is 0 Å². The summed E-state index contributed by atoms with van der Waals surface area (Å²) in [6.07, 6.45) is 5.22. The fourth-order valence-corrected chi connectivity index (χ4v) is 4.42. The van der Waals surface area contributed by atoms with Crippen molar-refractivity contribution in [1.29, 1.82) is 0 Å². The highest BCUT2D eigenvalue weighted by molar-refractivity contribution is 6.27. The molecular weight excluding hydrogens is 472 g/mol. The number of carbonyl (C=O) groups excluding carboxylic acids is 2. The summed E-state index contributed by atoms with van der Waals surface area (Å²) in [6.45, 7) is -0.0607. The SMILES string of the molecule is O=C(C=COCCO)c1ccc2ccc3oc4c5ccccc5c(C(=O)C=COCCO)cc4c3c2c1. The number of aliphatic hydroxyl groups is 2. The van der Waals surface area contributed by atoms with Crippen LogP contribution in [-0.4, -0.2) is 48.2 Å². The largest absolute Gasteiger partial charge is 0.499 e. The summed E-state index contributed by atoms with van der Waals surface area (Å²) in [7, 11) is 0. The second-order valence-electron chi connectivity index (χ2n) is 8.35. The number of ketones is 2. The lowest BCUT2D eigenvalue weighted by Gasteiger charge is -2.06. The molecule has 5 aromatic rings. The van der Waals surface area contributed by atoms with Crippen molar-refractivity contribution in [1.82, 2.24) is 0 Å². The molecule has 0 aliphatic carbocycles. The summed E-state index contributed by atoms with van der Waals surface area (Å²) >= 11 is 0. The van der Waals surface area contributed by atoms with Crippen molar-refractivity contribution in [2.75, 3.05) is 26.4 Å². The van der Waals surface area contributed by atoms with Crippen LogP contribution in [0.15, 0.2) is 89.8 Å². The summed E-state index contributed by atoms with van der Waals surface area (Å²) in [5, 5.41) is 22.6. The second-order valence-corrected chi connectivity index (χ2v) is 8.35. The number of aliphatic hydroxyl groups excluding tert-OH is 2. The average Bonchev–Trinajstić information content (AvgIpc) is 3.32. The first kappa shape index (κ1) is 24.2. The van der Waals surface area contributed by atoms with Gasteiger partial charge in [-0.3, -0.25) is 9.59 Å². The van der Waals surface area contributed by atoms with Crippen LogP contribution in [0.1, 0.15) is 20.7 Å². The number of fused-ring (bicyclic) bond motifs is 7. The summed E-state index contributed by atoms with van der Waals surface area (Å²) in [5.41, 5.74) is 2.26. The van der Waals surface area contributed by atoms with Gasteiger partial charge in [-0.1, -0.05) is 42.5 Å². The molecule has 37 heavy (non-hydrogen) atoms. The Morgan fingerprint density at radius 3 is 2.16 bits per heavy atom. The van der Waals surface area contributed by atoms with Gasteiger partial charge in [-0.15, -0.1) is 0 Å². The lowest BCUT2D eigenvalue weighted by atomic mass is 9.95. The van der Waals surface area contributed by atoms with Crippen molar-refractivity contribution in [3.63, 3.8) is 0 Å². The summed E-state index contributed by atoms with van der Waals surface area (Å²) in [4.78, 5) is 25.9. The Morgan fingerprint density at radius 1 is 0.757 bits per heavy atom. The molecule has 0 aliphatic rings. The Hall–Kier alpha value is -4.46. The van der Waals surface area contributed by atoms with Crippen molar-refractivity contribution < 1.29 is 33.7 Å². The van der Waals surface area contributed by atoms with Crippen molar-refractivity contribution in [2.24, 2.45) is 0 Å². The van der Waals surface area contributed by atoms with Crippen LogP contribution < -0.4 is 0 Å². The molecule has 0 unspecified atom stereocenters. The molecule has 1 heterocycles. The minimum absolute atomic E-state index is 0.103. The van der Waals surface area contributed by atoms with Gasteiger partial charge < -0.3 is 24.1 Å². The molecule has 0 radical (unpaired) electrons. The number of benzene rings is 4. The molecule has 0 fully saturated rings. The molecule has 0 saturated carbocycles. The lowest BCUT2D eigenvalue weighted by molar-refractivity contribution is 0.103. The van der Waals surface area contributed by atoms with Crippen LogP contribution in [0.3, 0.4) is 0 Å². The molecule has 5 rings (SSSR count). The number of furan rings is 1. The minimum atomic E-state index is -0.241. The molecule has 0 bridgehead atoms. The zero-order chi connectivity index (χ0) is 25.8. The Bertz CT molecular complexity index is 1690. The summed E-state index contributed by atoms with van der Waals surface area (Å²) in [6, 6.07) is 18.6. The van der Waals surface area contributed by atoms with Gasteiger partial charge in [0.15, 0.2) is 11.6 Å². The predicted octanol–water partition coefficient (Wildman–Crippen LogP) is 5.30. The highest BCUT2D eigenvalue weighted by Crippen LogP contribution is 2.39. The molecule has 1 aromatic heterocycles. The molecule has 0 spiro atoms. The normalized spacial score (nSPS) is 11.9. The molecule has 7 nitrogen and oxygen atoms in total. The van der Waals surface area contributed by atoms with E-state index >= 15 is 0 Å². The number of hydrogen-bond donors (Lipinski definition) is 2. The van der Waals surface area contributed by atoms with Crippen molar-refractivity contribution in [3.8, 4) is 0 Å². The van der Waals surface area contributed by atoms with Gasteiger partial charge in [-0.25, -0.2) is 0 Å². The third-order valence-electron chi connectivity index (χ3n) is 6.06. The number of ether oxygens (including phenoxy) is 2. The number of allylic oxidation sites excluding steroid dienone is 2. The van der Waals surface area contributed by atoms with E-state index in [0.717, 1.165) is 32.3 Å². The molecule has 0 atom stereocenters. The summed E-state index contributed by atoms with van der Waals surface area (Å²) in [5.74, 6) is -0.478. The highest BCUT2D eigenvalue weighted by Gasteiger charge is 2.18. The minimum Gasteiger partial charge on any atom is -0.499 e. The van der Waals surface area contributed by atoms with Gasteiger partial charge in [-0.05, 0) is 34.4 Å². The maximum absolute atomic E-state index is 13.1. The van der Waals surface area contributed by atoms with Crippen LogP contribution in [-0.2, 0) is 9.47 Å². The highest BCUT2D eigenvalue weighted by atomic mass is 16.5. The third kappa shape index (κ3) is 4.70. The van der Waals surface area contributed by atoms with E-state index in [9.17, 15) is 9.59 Å². The Kier molecular flexibility index (Phi) is 6.98. The number of rotatable bonds is 10. The van der Waals surface area contributed by atoms with Crippen molar-refractivity contribution in [3.05, 3.63) is 96.5 Å². The molecule has 0 aliphatic heterocycles. The molecule has 0 saturated heterocycles. The van der Waals surface area contributed by atoms with Gasteiger partial charge in [-0.2, -0.15) is 0 Å². The topological polar surface area (TPSA) is 106 Å². The van der Waals surface area contributed by atoms with Gasteiger partial charge in [0, 0.05) is 39.4 Å². The van der Waals surface area contributed by atoms with Crippen molar-refractivity contribution >= 4 is 55.0 Å². The average molecular weight is 497 g/mol. The third-order valence-corrected chi connectivity index (χ3v) is 6.06. The Labute approximate surface area is 211 Å². The molecule has 7 heteroatoms. The van der Waals surface area contributed by atoms with E-state index in [4.69, 9.17) is 24.1 Å². The van der Waals surface area contributed by atoms with Crippen LogP contribution in [0.25, 0.3) is 43.5 Å². The molecule has 2 N–H and O–H groups in total. The number of carbonyl (C=O) groups is 2. The van der Waals surface area contributed by atoms with Gasteiger partial charge >= 0.3 is 0 Å². The Morgan fingerprint density at radius 2 is 1.43 bits per heavy atom. The van der Waals surface area contributed by atoms with Crippen LogP contribution >= 0.6 is 0 Å². The standard InChI is InChI=1S/C30H24O7/c31-11-15-35-13-9-26(33)20-6-5-19-7-8-28-29(23(19)17-20)25-18-24(27(34)10-14-36-16-12-32)21-3-1-2-4-22(21)30(25)37-28/h1-10,13-14,17-18,31-32H,11-12,15-16H2. The molecule has 4 aromatic carbocycles. The van der Waals surface area contributed by atoms with E-state index in [1.54, 1.807) is 6.07 Å². The quantitative estimate of drug-likeness (QED) is 0.117. The van der Waals surface area contributed by atoms with Gasteiger partial charge in [0.05, 0.1) is 25.7 Å². The zero-order valence-electron chi connectivity index (χ0n) is 19.8. The first-order valence-electron chi connectivity index (χ1n) is 11.8. The van der Waals surface area contributed by atoms with E-state index < -0.39 is 0 Å². The number of hydrogen-bond acceptors (Lipinski definition) is 7. The predicted molar refractivity (Wildman–Crippen MR) is 142 cm³/mol. The van der Waals surface area contributed by atoms with E-state index in [-0.39, 0.29) is 38.0 Å².